The van der Waals surface area contributed by atoms with Crippen LogP contribution in [0, 0.1) is 6.92 Å². The van der Waals surface area contributed by atoms with Gasteiger partial charge in [0.2, 0.25) is 0 Å². The Kier molecular flexibility index (Phi) is 3.47. The summed E-state index contributed by atoms with van der Waals surface area (Å²) in [5, 5.41) is 2.18. The average Bonchev–Trinajstić information content (AvgIpc) is 2.31. The monoisotopic (exact) mass is 234 g/mol. The Morgan fingerprint density at radius 1 is 1.06 bits per heavy atom. The summed E-state index contributed by atoms with van der Waals surface area (Å²) in [7, 11) is 0. The molecule has 0 heterocycles. The third-order valence-electron chi connectivity index (χ3n) is 2.90. The molecule has 0 bridgehead atoms. The predicted octanol–water partition coefficient (Wildman–Crippen LogP) is 3.43. The molecule has 2 aromatic carbocycles. The Labute approximate surface area is 109 Å². The minimum Gasteiger partial charge on any atom is -0.0961 e. The summed E-state index contributed by atoms with van der Waals surface area (Å²) in [6.07, 6.45) is 2.06. The second kappa shape index (κ2) is 5.05. The molecule has 0 fully saturated rings. The minimum atomic E-state index is 1.04. The van der Waals surface area contributed by atoms with Crippen molar-refractivity contribution in [2.24, 2.45) is 0 Å². The highest BCUT2D eigenvalue weighted by molar-refractivity contribution is 5.64. The van der Waals surface area contributed by atoms with E-state index in [1.807, 2.05) is 6.92 Å². The largest absolute Gasteiger partial charge is 0.0961 e. The zero-order valence-corrected chi connectivity index (χ0v) is 11.0. The van der Waals surface area contributed by atoms with Crippen LogP contribution in [0.2, 0.25) is 0 Å². The van der Waals surface area contributed by atoms with Crippen molar-refractivity contribution in [3.63, 3.8) is 0 Å². The van der Waals surface area contributed by atoms with Crippen molar-refractivity contribution in [1.29, 1.82) is 0 Å². The van der Waals surface area contributed by atoms with Crippen LogP contribution in [-0.4, -0.2) is 0 Å². The number of aryl methyl sites for hydroxylation is 1. The maximum absolute atomic E-state index is 4.11. The maximum atomic E-state index is 4.11. The molecule has 2 rings (SSSR count). The van der Waals surface area contributed by atoms with Crippen molar-refractivity contribution < 1.29 is 0 Å². The first-order valence-corrected chi connectivity index (χ1v) is 6.09. The molecule has 0 aromatic heterocycles. The molecule has 0 heteroatoms. The van der Waals surface area contributed by atoms with Crippen molar-refractivity contribution in [3.05, 3.63) is 70.6 Å². The molecule has 0 N–H and O–H groups in total. The second-order valence-corrected chi connectivity index (χ2v) is 4.77. The van der Waals surface area contributed by atoms with Crippen LogP contribution in [0.15, 0.2) is 54.6 Å². The van der Waals surface area contributed by atoms with Crippen LogP contribution < -0.4 is 10.4 Å². The Morgan fingerprint density at radius 2 is 1.78 bits per heavy atom. The molecule has 0 atom stereocenters. The minimum absolute atomic E-state index is 1.04. The first-order chi connectivity index (χ1) is 8.56. The van der Waals surface area contributed by atoms with Crippen LogP contribution in [0.1, 0.15) is 12.5 Å². The summed E-state index contributed by atoms with van der Waals surface area (Å²) >= 11 is 0. The first-order valence-electron chi connectivity index (χ1n) is 6.09. The Balaban J connectivity index is 2.54. The van der Waals surface area contributed by atoms with Gasteiger partial charge in [-0.25, -0.2) is 0 Å². The van der Waals surface area contributed by atoms with Crippen LogP contribution in [0.5, 0.6) is 0 Å². The van der Waals surface area contributed by atoms with Crippen LogP contribution in [0.4, 0.5) is 0 Å². The molecular formula is C18H18. The van der Waals surface area contributed by atoms with E-state index in [9.17, 15) is 0 Å². The normalized spacial score (nSPS) is 11.6. The van der Waals surface area contributed by atoms with Crippen molar-refractivity contribution in [2.45, 2.75) is 13.8 Å². The molecule has 2 aromatic rings. The second-order valence-electron chi connectivity index (χ2n) is 4.77. The van der Waals surface area contributed by atoms with E-state index in [0.29, 0.717) is 0 Å². The summed E-state index contributed by atoms with van der Waals surface area (Å²) in [6, 6.07) is 14.9. The highest BCUT2D eigenvalue weighted by Crippen LogP contribution is 2.17. The van der Waals surface area contributed by atoms with Gasteiger partial charge in [0, 0.05) is 0 Å². The van der Waals surface area contributed by atoms with E-state index in [1.54, 1.807) is 0 Å². The molecule has 0 spiro atoms. The molecule has 0 unspecified atom stereocenters. The fourth-order valence-electron chi connectivity index (χ4n) is 2.02. The number of rotatable bonds is 2. The quantitative estimate of drug-likeness (QED) is 0.747. The highest BCUT2D eigenvalue weighted by atomic mass is 14.0. The molecule has 0 aliphatic carbocycles. The third kappa shape index (κ3) is 2.78. The van der Waals surface area contributed by atoms with Gasteiger partial charge in [-0.15, -0.1) is 0 Å². The van der Waals surface area contributed by atoms with Gasteiger partial charge >= 0.3 is 0 Å². The number of hydrogen-bond donors (Lipinski definition) is 0. The fraction of sp³-hybridized carbons (Fsp3) is 0.111. The van der Waals surface area contributed by atoms with Crippen LogP contribution in [0.25, 0.3) is 23.8 Å². The van der Waals surface area contributed by atoms with Gasteiger partial charge in [-0.3, -0.25) is 0 Å². The van der Waals surface area contributed by atoms with E-state index in [-0.39, 0.29) is 0 Å². The Bertz CT molecular complexity index is 690. The molecule has 0 amide bonds. The Hall–Kier alpha value is -2.08. The fourth-order valence-corrected chi connectivity index (χ4v) is 2.02. The summed E-state index contributed by atoms with van der Waals surface area (Å²) in [4.78, 5) is 0. The topological polar surface area (TPSA) is 0 Å². The zero-order valence-electron chi connectivity index (χ0n) is 11.0. The van der Waals surface area contributed by atoms with Crippen molar-refractivity contribution >= 4 is 12.7 Å². The smallest absolute Gasteiger partial charge is 0.0178 e. The highest BCUT2D eigenvalue weighted by Gasteiger charge is 1.97. The molecular weight excluding hydrogens is 216 g/mol. The summed E-state index contributed by atoms with van der Waals surface area (Å²) < 4.78 is 0. The van der Waals surface area contributed by atoms with Gasteiger partial charge in [0.25, 0.3) is 0 Å². The van der Waals surface area contributed by atoms with Crippen LogP contribution >= 0.6 is 0 Å². The van der Waals surface area contributed by atoms with E-state index >= 15 is 0 Å². The maximum Gasteiger partial charge on any atom is -0.0178 e. The van der Waals surface area contributed by atoms with Gasteiger partial charge < -0.3 is 0 Å². The summed E-state index contributed by atoms with van der Waals surface area (Å²) in [5.74, 6) is 0. The molecule has 0 aliphatic rings. The van der Waals surface area contributed by atoms with Crippen molar-refractivity contribution in [1.82, 2.24) is 0 Å². The molecule has 0 radical (unpaired) electrons. The third-order valence-corrected chi connectivity index (χ3v) is 2.90. The summed E-state index contributed by atoms with van der Waals surface area (Å²) in [6.45, 7) is 12.1. The molecule has 0 nitrogen and oxygen atoms in total. The lowest BCUT2D eigenvalue weighted by Crippen LogP contribution is -2.22. The lowest BCUT2D eigenvalue weighted by Gasteiger charge is -2.03. The SMILES string of the molecule is C=C(C)/C=c1/ccc(-c2cccc(C)c2)cc1=C. The van der Waals surface area contributed by atoms with Gasteiger partial charge in [-0.2, -0.15) is 0 Å². The van der Waals surface area contributed by atoms with E-state index in [1.165, 1.54) is 16.7 Å². The summed E-state index contributed by atoms with van der Waals surface area (Å²) in [5.41, 5.74) is 4.77. The van der Waals surface area contributed by atoms with Crippen LogP contribution in [0.3, 0.4) is 0 Å². The lowest BCUT2D eigenvalue weighted by molar-refractivity contribution is 1.45. The van der Waals surface area contributed by atoms with Crippen LogP contribution in [-0.2, 0) is 0 Å². The van der Waals surface area contributed by atoms with Gasteiger partial charge in [-0.1, -0.05) is 66.8 Å². The van der Waals surface area contributed by atoms with Crippen molar-refractivity contribution in [2.75, 3.05) is 0 Å². The zero-order chi connectivity index (χ0) is 13.1. The Morgan fingerprint density at radius 3 is 2.39 bits per heavy atom. The van der Waals surface area contributed by atoms with E-state index in [0.717, 1.165) is 16.0 Å². The van der Waals surface area contributed by atoms with Gasteiger partial charge in [0.15, 0.2) is 0 Å². The molecule has 18 heavy (non-hydrogen) atoms. The van der Waals surface area contributed by atoms with Gasteiger partial charge in [0.1, 0.15) is 0 Å². The molecule has 0 saturated heterocycles. The van der Waals surface area contributed by atoms with Gasteiger partial charge in [-0.05, 0) is 41.5 Å². The molecule has 90 valence electrons. The molecule has 0 aliphatic heterocycles. The number of allylic oxidation sites excluding steroid dienone is 1. The van der Waals surface area contributed by atoms with E-state index in [4.69, 9.17) is 0 Å². The van der Waals surface area contributed by atoms with E-state index in [2.05, 4.69) is 68.6 Å². The van der Waals surface area contributed by atoms with Crippen molar-refractivity contribution in [3.8, 4) is 11.1 Å². The van der Waals surface area contributed by atoms with Gasteiger partial charge in [0.05, 0.1) is 0 Å². The predicted molar refractivity (Wildman–Crippen MR) is 80.7 cm³/mol. The molecule has 0 saturated carbocycles. The number of benzene rings is 2. The standard InChI is InChI=1S/C18H18/c1-13(2)10-16-8-9-18(12-15(16)4)17-7-5-6-14(3)11-17/h5-12H,1,4H2,2-3H3/b16-10-. The first kappa shape index (κ1) is 12.4. The average molecular weight is 234 g/mol. The van der Waals surface area contributed by atoms with E-state index < -0.39 is 0 Å². The lowest BCUT2D eigenvalue weighted by atomic mass is 10.0. The number of hydrogen-bond acceptors (Lipinski definition) is 0.